The zero-order valence-electron chi connectivity index (χ0n) is 26.2. The number of nitrogens with one attached hydrogen (secondary N) is 1. The van der Waals surface area contributed by atoms with Crippen LogP contribution in [0.2, 0.25) is 0 Å². The molecule has 0 aliphatic carbocycles. The fraction of sp³-hybridized carbons (Fsp3) is 0.457. The van der Waals surface area contributed by atoms with E-state index >= 15 is 0 Å². The van der Waals surface area contributed by atoms with Gasteiger partial charge in [0.05, 0.1) is 18.9 Å². The van der Waals surface area contributed by atoms with Gasteiger partial charge < -0.3 is 29.0 Å². The molecule has 1 aliphatic heterocycles. The first-order chi connectivity index (χ1) is 20.7. The lowest BCUT2D eigenvalue weighted by Gasteiger charge is -2.22. The number of aromatic amines is 1. The van der Waals surface area contributed by atoms with Crippen molar-refractivity contribution in [3.8, 4) is 17.2 Å². The third-order valence-corrected chi connectivity index (χ3v) is 8.73. The summed E-state index contributed by atoms with van der Waals surface area (Å²) in [5, 5.41) is 2.88. The summed E-state index contributed by atoms with van der Waals surface area (Å²) in [4.78, 5) is 21.5. The highest BCUT2D eigenvalue weighted by Crippen LogP contribution is 2.48. The third kappa shape index (κ3) is 6.43. The summed E-state index contributed by atoms with van der Waals surface area (Å²) in [6.45, 7) is 8.19. The summed E-state index contributed by atoms with van der Waals surface area (Å²) in [6.07, 6.45) is 4.29. The molecule has 43 heavy (non-hydrogen) atoms. The summed E-state index contributed by atoms with van der Waals surface area (Å²) in [6, 6.07) is 16.1. The monoisotopic (exact) mass is 605 g/mol. The number of aromatic nitrogens is 1. The Labute approximate surface area is 260 Å². The van der Waals surface area contributed by atoms with E-state index in [0.717, 1.165) is 70.9 Å². The first-order valence-corrected chi connectivity index (χ1v) is 15.9. The molecular weight excluding hydrogens is 562 g/mol. The van der Waals surface area contributed by atoms with Gasteiger partial charge in [-0.05, 0) is 56.9 Å². The van der Waals surface area contributed by atoms with Crippen molar-refractivity contribution in [3.63, 3.8) is 0 Å². The maximum atomic E-state index is 14.2. The Morgan fingerprint density at radius 2 is 1.86 bits per heavy atom. The zero-order chi connectivity index (χ0) is 30.7. The molecule has 0 fully saturated rings. The molecule has 0 bridgehead atoms. The molecule has 5 rings (SSSR count). The van der Waals surface area contributed by atoms with Crippen LogP contribution in [0.15, 0.2) is 48.5 Å². The van der Waals surface area contributed by atoms with Crippen molar-refractivity contribution < 1.29 is 19.0 Å². The Kier molecular flexibility index (Phi) is 9.72. The lowest BCUT2D eigenvalue weighted by atomic mass is 9.92. The van der Waals surface area contributed by atoms with Gasteiger partial charge in [-0.15, -0.1) is 11.6 Å². The number of amides is 1. The fourth-order valence-electron chi connectivity index (χ4n) is 5.98. The normalized spacial score (nSPS) is 16.1. The molecule has 2 heterocycles. The van der Waals surface area contributed by atoms with Crippen LogP contribution in [0.5, 0.6) is 17.2 Å². The van der Waals surface area contributed by atoms with Crippen molar-refractivity contribution >= 4 is 44.9 Å². The van der Waals surface area contributed by atoms with E-state index in [2.05, 4.69) is 41.9 Å². The van der Waals surface area contributed by atoms with Crippen LogP contribution in [-0.4, -0.2) is 68.2 Å². The number of alkyl halides is 1. The Balaban J connectivity index is 1.54. The largest absolute Gasteiger partial charge is 0.493 e. The van der Waals surface area contributed by atoms with Crippen molar-refractivity contribution in [2.45, 2.75) is 63.9 Å². The zero-order valence-corrected chi connectivity index (χ0v) is 27.0. The molecule has 0 radical (unpaired) electrons. The average Bonchev–Trinajstić information content (AvgIpc) is 3.60. The van der Waals surface area contributed by atoms with E-state index in [1.807, 2.05) is 56.3 Å². The second kappa shape index (κ2) is 13.5. The molecule has 1 amide bonds. The van der Waals surface area contributed by atoms with Crippen LogP contribution in [0.25, 0.3) is 21.7 Å². The number of methoxy groups -OCH3 is 1. The minimum absolute atomic E-state index is 0.0113. The van der Waals surface area contributed by atoms with Gasteiger partial charge >= 0.3 is 0 Å². The number of rotatable bonds is 13. The number of halogens is 1. The van der Waals surface area contributed by atoms with Gasteiger partial charge in [0.25, 0.3) is 5.91 Å². The van der Waals surface area contributed by atoms with Crippen molar-refractivity contribution in [2.24, 2.45) is 0 Å². The van der Waals surface area contributed by atoms with Gasteiger partial charge in [-0.1, -0.05) is 51.0 Å². The van der Waals surface area contributed by atoms with Gasteiger partial charge in [0.2, 0.25) is 0 Å². The van der Waals surface area contributed by atoms with Crippen LogP contribution in [0.4, 0.5) is 5.69 Å². The molecule has 0 saturated carbocycles. The smallest absolute Gasteiger partial charge is 0.274 e. The second-order valence-electron chi connectivity index (χ2n) is 11.8. The molecule has 8 heteroatoms. The molecule has 0 saturated heterocycles. The molecule has 1 aliphatic rings. The maximum Gasteiger partial charge on any atom is 0.274 e. The summed E-state index contributed by atoms with van der Waals surface area (Å²) < 4.78 is 18.3. The highest BCUT2D eigenvalue weighted by Gasteiger charge is 2.38. The van der Waals surface area contributed by atoms with Crippen molar-refractivity contribution in [1.82, 2.24) is 9.88 Å². The highest BCUT2D eigenvalue weighted by atomic mass is 35.5. The van der Waals surface area contributed by atoms with Gasteiger partial charge in [0.15, 0.2) is 11.5 Å². The quantitative estimate of drug-likeness (QED) is 0.156. The minimum atomic E-state index is -0.159. The Hall–Kier alpha value is -3.42. The summed E-state index contributed by atoms with van der Waals surface area (Å²) in [5.41, 5.74) is 3.28. The lowest BCUT2D eigenvalue weighted by molar-refractivity contribution is 0.0984. The number of anilines is 1. The number of fused-ring (bicyclic) bond motifs is 4. The van der Waals surface area contributed by atoms with E-state index in [0.29, 0.717) is 30.3 Å². The first kappa shape index (κ1) is 31.0. The molecule has 2 unspecified atom stereocenters. The predicted octanol–water partition coefficient (Wildman–Crippen LogP) is 7.99. The number of benzene rings is 3. The van der Waals surface area contributed by atoms with Crippen LogP contribution in [-0.2, 0) is 0 Å². The van der Waals surface area contributed by atoms with E-state index < -0.39 is 0 Å². The van der Waals surface area contributed by atoms with Crippen LogP contribution in [0.3, 0.4) is 0 Å². The fourth-order valence-corrected chi connectivity index (χ4v) is 6.19. The second-order valence-corrected chi connectivity index (χ2v) is 12.5. The van der Waals surface area contributed by atoms with E-state index in [4.69, 9.17) is 25.8 Å². The van der Waals surface area contributed by atoms with Gasteiger partial charge in [-0.25, -0.2) is 0 Å². The molecular formula is C35H44ClN3O4. The van der Waals surface area contributed by atoms with E-state index in [9.17, 15) is 4.79 Å². The molecule has 0 spiro atoms. The molecule has 4 aromatic rings. The SMILES string of the molecule is CCCCC(CC)Oc1cc2c(c3ccccc13)C([C@H](C)Cl)CN2C(=O)c1cc2cc(OCCN(C)C)c(OC)cc2[nH]1. The van der Waals surface area contributed by atoms with Crippen molar-refractivity contribution in [1.29, 1.82) is 0 Å². The number of ether oxygens (including phenoxy) is 3. The number of H-pyrrole nitrogens is 1. The molecule has 3 atom stereocenters. The number of hydrogen-bond acceptors (Lipinski definition) is 5. The molecule has 3 aromatic carbocycles. The molecule has 230 valence electrons. The summed E-state index contributed by atoms with van der Waals surface area (Å²) in [5.74, 6) is 1.97. The number of hydrogen-bond donors (Lipinski definition) is 1. The average molecular weight is 606 g/mol. The van der Waals surface area contributed by atoms with E-state index in [1.54, 1.807) is 7.11 Å². The minimum Gasteiger partial charge on any atom is -0.493 e. The first-order valence-electron chi connectivity index (χ1n) is 15.4. The summed E-state index contributed by atoms with van der Waals surface area (Å²) in [7, 11) is 5.64. The van der Waals surface area contributed by atoms with Crippen LogP contribution >= 0.6 is 11.6 Å². The molecule has 1 aromatic heterocycles. The van der Waals surface area contributed by atoms with E-state index in [-0.39, 0.29) is 23.3 Å². The van der Waals surface area contributed by atoms with Crippen LogP contribution in [0.1, 0.15) is 68.4 Å². The Bertz CT molecular complexity index is 1580. The molecule has 1 N–H and O–H groups in total. The van der Waals surface area contributed by atoms with Crippen molar-refractivity contribution in [2.75, 3.05) is 45.8 Å². The predicted molar refractivity (Wildman–Crippen MR) is 177 cm³/mol. The number of likely N-dealkylation sites (N-methyl/N-ethyl adjacent to an activating group) is 1. The van der Waals surface area contributed by atoms with Gasteiger partial charge in [-0.3, -0.25) is 4.79 Å². The number of unbranched alkanes of at least 4 members (excludes halogenated alkanes) is 1. The Morgan fingerprint density at radius 1 is 1.09 bits per heavy atom. The van der Waals surface area contributed by atoms with Gasteiger partial charge in [0, 0.05) is 52.8 Å². The van der Waals surface area contributed by atoms with Crippen molar-refractivity contribution in [3.05, 3.63) is 59.8 Å². The Morgan fingerprint density at radius 3 is 2.53 bits per heavy atom. The van der Waals surface area contributed by atoms with Crippen LogP contribution in [0, 0.1) is 0 Å². The molecule has 7 nitrogen and oxygen atoms in total. The van der Waals surface area contributed by atoms with Gasteiger partial charge in [0.1, 0.15) is 18.1 Å². The maximum absolute atomic E-state index is 14.2. The number of carbonyl (C=O) groups excluding carboxylic acids is 1. The number of nitrogens with zero attached hydrogens (tertiary/aromatic N) is 2. The highest BCUT2D eigenvalue weighted by molar-refractivity contribution is 6.22. The standard InChI is InChI=1S/C35H44ClN3O4/c1-7-9-12-24(8-2)43-31-20-30-34(26-14-11-10-13-25(26)31)27(22(3)36)21-39(30)35(40)29-17-23-18-33(42-16-15-38(4)5)32(41-6)19-28(23)37-29/h10-11,13-14,17-20,22,24,27,37H,7-9,12,15-16,21H2,1-6H3/t22-,24?,27?/m0/s1. The number of carbonyl (C=O) groups is 1. The van der Waals surface area contributed by atoms with Gasteiger partial charge in [-0.2, -0.15) is 0 Å². The van der Waals surface area contributed by atoms with E-state index in [1.165, 1.54) is 0 Å². The topological polar surface area (TPSA) is 67.0 Å². The summed E-state index contributed by atoms with van der Waals surface area (Å²) >= 11 is 6.80. The third-order valence-electron chi connectivity index (χ3n) is 8.43. The lowest BCUT2D eigenvalue weighted by Crippen LogP contribution is -2.31. The van der Waals surface area contributed by atoms with Crippen LogP contribution < -0.4 is 19.1 Å².